The first-order chi connectivity index (χ1) is 7.81. The molecular formula is C13H18FNO. The van der Waals surface area contributed by atoms with Gasteiger partial charge in [0.2, 0.25) is 0 Å². The second-order valence-electron chi connectivity index (χ2n) is 4.43. The molecule has 1 aliphatic rings. The number of benzene rings is 1. The average Bonchev–Trinajstić information content (AvgIpc) is 2.23. The summed E-state index contributed by atoms with van der Waals surface area (Å²) in [7, 11) is 0. The minimum Gasteiger partial charge on any atom is -0.490 e. The quantitative estimate of drug-likeness (QED) is 0.832. The van der Waals surface area contributed by atoms with Crippen LogP contribution in [0.4, 0.5) is 4.39 Å². The number of hydrogen-bond donors (Lipinski definition) is 1. The van der Waals surface area contributed by atoms with Gasteiger partial charge in [-0.1, -0.05) is 18.6 Å². The van der Waals surface area contributed by atoms with Crippen molar-refractivity contribution in [3.8, 4) is 5.75 Å². The van der Waals surface area contributed by atoms with E-state index in [-0.39, 0.29) is 5.82 Å². The van der Waals surface area contributed by atoms with Crippen molar-refractivity contribution in [2.75, 3.05) is 13.2 Å². The monoisotopic (exact) mass is 223 g/mol. The van der Waals surface area contributed by atoms with Crippen molar-refractivity contribution in [2.24, 2.45) is 17.6 Å². The lowest BCUT2D eigenvalue weighted by Gasteiger charge is -2.32. The maximum atomic E-state index is 13.3. The lowest BCUT2D eigenvalue weighted by molar-refractivity contribution is 0.139. The summed E-state index contributed by atoms with van der Waals surface area (Å²) in [5.41, 5.74) is 5.71. The summed E-state index contributed by atoms with van der Waals surface area (Å²) < 4.78 is 18.8. The van der Waals surface area contributed by atoms with Gasteiger partial charge in [-0.15, -0.1) is 0 Å². The Kier molecular flexibility index (Phi) is 3.78. The summed E-state index contributed by atoms with van der Waals surface area (Å²) in [5, 5.41) is 0. The summed E-state index contributed by atoms with van der Waals surface area (Å²) in [6.07, 6.45) is 3.77. The second kappa shape index (κ2) is 5.30. The fraction of sp³-hybridized carbons (Fsp3) is 0.538. The van der Waals surface area contributed by atoms with E-state index in [1.807, 2.05) is 0 Å². The van der Waals surface area contributed by atoms with Crippen LogP contribution in [0.25, 0.3) is 0 Å². The Morgan fingerprint density at radius 2 is 2.12 bits per heavy atom. The minimum absolute atomic E-state index is 0.299. The smallest absolute Gasteiger partial charge is 0.165 e. The fourth-order valence-electron chi connectivity index (χ4n) is 2.07. The summed E-state index contributed by atoms with van der Waals surface area (Å²) >= 11 is 0. The molecule has 0 heterocycles. The molecule has 2 nitrogen and oxygen atoms in total. The van der Waals surface area contributed by atoms with Crippen molar-refractivity contribution in [3.05, 3.63) is 30.1 Å². The number of ether oxygens (including phenoxy) is 1. The molecule has 0 bridgehead atoms. The third kappa shape index (κ3) is 2.53. The Morgan fingerprint density at radius 3 is 2.69 bits per heavy atom. The van der Waals surface area contributed by atoms with Gasteiger partial charge in [0.15, 0.2) is 11.6 Å². The van der Waals surface area contributed by atoms with Crippen molar-refractivity contribution >= 4 is 0 Å². The lowest BCUT2D eigenvalue weighted by atomic mass is 9.76. The van der Waals surface area contributed by atoms with E-state index in [1.54, 1.807) is 18.2 Å². The third-order valence-electron chi connectivity index (χ3n) is 3.41. The van der Waals surface area contributed by atoms with Crippen LogP contribution in [0.15, 0.2) is 24.3 Å². The molecule has 2 N–H and O–H groups in total. The van der Waals surface area contributed by atoms with Crippen LogP contribution in [0.1, 0.15) is 19.3 Å². The van der Waals surface area contributed by atoms with Gasteiger partial charge in [0.25, 0.3) is 0 Å². The molecule has 0 aliphatic heterocycles. The van der Waals surface area contributed by atoms with E-state index >= 15 is 0 Å². The van der Waals surface area contributed by atoms with Crippen LogP contribution >= 0.6 is 0 Å². The number of halogens is 1. The zero-order valence-corrected chi connectivity index (χ0v) is 9.36. The molecule has 0 saturated heterocycles. The molecule has 0 spiro atoms. The highest BCUT2D eigenvalue weighted by molar-refractivity contribution is 5.23. The van der Waals surface area contributed by atoms with E-state index in [2.05, 4.69) is 0 Å². The summed E-state index contributed by atoms with van der Waals surface area (Å²) in [6, 6.07) is 6.51. The molecule has 1 saturated carbocycles. The van der Waals surface area contributed by atoms with Gasteiger partial charge in [0, 0.05) is 5.92 Å². The van der Waals surface area contributed by atoms with Crippen LogP contribution in [0.3, 0.4) is 0 Å². The van der Waals surface area contributed by atoms with Gasteiger partial charge in [0.1, 0.15) is 0 Å². The van der Waals surface area contributed by atoms with Gasteiger partial charge < -0.3 is 10.5 Å². The van der Waals surface area contributed by atoms with E-state index in [9.17, 15) is 4.39 Å². The van der Waals surface area contributed by atoms with E-state index in [1.165, 1.54) is 25.3 Å². The Labute approximate surface area is 95.6 Å². The highest BCUT2D eigenvalue weighted by atomic mass is 19.1. The molecule has 1 fully saturated rings. The van der Waals surface area contributed by atoms with Crippen molar-refractivity contribution in [2.45, 2.75) is 19.3 Å². The maximum Gasteiger partial charge on any atom is 0.165 e. The molecule has 1 atom stereocenters. The van der Waals surface area contributed by atoms with Gasteiger partial charge in [0.05, 0.1) is 6.61 Å². The molecule has 2 rings (SSSR count). The standard InChI is InChI=1S/C13H18FNO/c14-12-6-1-2-7-13(12)16-9-11(8-15)10-4-3-5-10/h1-2,6-7,10-11H,3-5,8-9,15H2. The van der Waals surface area contributed by atoms with Gasteiger partial charge in [-0.25, -0.2) is 4.39 Å². The molecule has 3 heteroatoms. The van der Waals surface area contributed by atoms with Crippen LogP contribution in [-0.4, -0.2) is 13.2 Å². The molecule has 16 heavy (non-hydrogen) atoms. The van der Waals surface area contributed by atoms with Crippen molar-refractivity contribution in [1.82, 2.24) is 0 Å². The second-order valence-corrected chi connectivity index (χ2v) is 4.43. The van der Waals surface area contributed by atoms with E-state index in [0.29, 0.717) is 30.7 Å². The van der Waals surface area contributed by atoms with Crippen molar-refractivity contribution in [1.29, 1.82) is 0 Å². The first-order valence-electron chi connectivity index (χ1n) is 5.88. The summed E-state index contributed by atoms with van der Waals surface area (Å²) in [5.74, 6) is 1.08. The SMILES string of the molecule is NCC(COc1ccccc1F)C1CCC1. The average molecular weight is 223 g/mol. The molecule has 0 aromatic heterocycles. The molecule has 1 aromatic carbocycles. The molecule has 88 valence electrons. The van der Waals surface area contributed by atoms with E-state index in [4.69, 9.17) is 10.5 Å². The zero-order chi connectivity index (χ0) is 11.4. The molecular weight excluding hydrogens is 205 g/mol. The first-order valence-corrected chi connectivity index (χ1v) is 5.88. The highest BCUT2D eigenvalue weighted by Crippen LogP contribution is 2.33. The van der Waals surface area contributed by atoms with Crippen LogP contribution in [0.5, 0.6) is 5.75 Å². The topological polar surface area (TPSA) is 35.2 Å². The maximum absolute atomic E-state index is 13.3. The summed E-state index contributed by atoms with van der Waals surface area (Å²) in [6.45, 7) is 1.15. The van der Waals surface area contributed by atoms with Crippen LogP contribution in [-0.2, 0) is 0 Å². The highest BCUT2D eigenvalue weighted by Gasteiger charge is 2.26. The Bertz CT molecular complexity index is 338. The molecule has 0 radical (unpaired) electrons. The third-order valence-corrected chi connectivity index (χ3v) is 3.41. The zero-order valence-electron chi connectivity index (χ0n) is 9.36. The molecule has 0 amide bonds. The molecule has 1 aromatic rings. The first kappa shape index (κ1) is 11.4. The van der Waals surface area contributed by atoms with Crippen molar-refractivity contribution in [3.63, 3.8) is 0 Å². The largest absolute Gasteiger partial charge is 0.490 e. The summed E-state index contributed by atoms with van der Waals surface area (Å²) in [4.78, 5) is 0. The van der Waals surface area contributed by atoms with Gasteiger partial charge in [-0.05, 0) is 37.4 Å². The number of para-hydroxylation sites is 1. The van der Waals surface area contributed by atoms with Gasteiger partial charge in [-0.3, -0.25) is 0 Å². The Morgan fingerprint density at radius 1 is 1.38 bits per heavy atom. The predicted molar refractivity (Wildman–Crippen MR) is 61.8 cm³/mol. The number of rotatable bonds is 5. The molecule has 1 aliphatic carbocycles. The van der Waals surface area contributed by atoms with Gasteiger partial charge >= 0.3 is 0 Å². The lowest BCUT2D eigenvalue weighted by Crippen LogP contribution is -2.33. The van der Waals surface area contributed by atoms with E-state index < -0.39 is 0 Å². The van der Waals surface area contributed by atoms with Gasteiger partial charge in [-0.2, -0.15) is 0 Å². The predicted octanol–water partition coefficient (Wildman–Crippen LogP) is 2.58. The fourth-order valence-corrected chi connectivity index (χ4v) is 2.07. The van der Waals surface area contributed by atoms with Crippen molar-refractivity contribution < 1.29 is 9.13 Å². The number of nitrogens with two attached hydrogens (primary N) is 1. The Balaban J connectivity index is 1.88. The Hall–Kier alpha value is -1.09. The minimum atomic E-state index is -0.299. The molecule has 1 unspecified atom stereocenters. The normalized spacial score (nSPS) is 17.9. The number of hydrogen-bond acceptors (Lipinski definition) is 2. The van der Waals surface area contributed by atoms with E-state index in [0.717, 1.165) is 0 Å². The van der Waals surface area contributed by atoms with Crippen LogP contribution in [0, 0.1) is 17.7 Å². The van der Waals surface area contributed by atoms with Crippen LogP contribution in [0.2, 0.25) is 0 Å². The van der Waals surface area contributed by atoms with Crippen LogP contribution < -0.4 is 10.5 Å².